The first kappa shape index (κ1) is 14.2. The third kappa shape index (κ3) is 4.44. The van der Waals surface area contributed by atoms with E-state index in [4.69, 9.17) is 0 Å². The molecule has 0 aliphatic rings. The molecule has 0 aliphatic carbocycles. The van der Waals surface area contributed by atoms with Crippen molar-refractivity contribution in [3.8, 4) is 0 Å². The molecule has 1 N–H and O–H groups in total. The summed E-state index contributed by atoms with van der Waals surface area (Å²) in [4.78, 5) is 4.38. The Kier molecular flexibility index (Phi) is 4.37. The Morgan fingerprint density at radius 2 is 2.05 bits per heavy atom. The van der Waals surface area contributed by atoms with E-state index in [0.717, 1.165) is 16.7 Å². The normalized spacial score (nSPS) is 11.8. The minimum Gasteiger partial charge on any atom is -0.306 e. The predicted molar refractivity (Wildman–Crippen MR) is 79.9 cm³/mol. The molecule has 4 nitrogen and oxygen atoms in total. The molecule has 0 amide bonds. The third-order valence-corrected chi connectivity index (χ3v) is 3.17. The van der Waals surface area contributed by atoms with Crippen LogP contribution in [0.25, 0.3) is 0 Å². The van der Waals surface area contributed by atoms with Crippen LogP contribution in [0.1, 0.15) is 32.2 Å². The first-order chi connectivity index (χ1) is 8.94. The van der Waals surface area contributed by atoms with Crippen LogP contribution >= 0.6 is 15.9 Å². The monoisotopic (exact) mass is 322 g/mol. The molecule has 2 aromatic rings. The van der Waals surface area contributed by atoms with Crippen LogP contribution in [-0.4, -0.2) is 20.3 Å². The highest BCUT2D eigenvalue weighted by atomic mass is 79.9. The first-order valence-corrected chi connectivity index (χ1v) is 7.09. The van der Waals surface area contributed by atoms with Crippen molar-refractivity contribution >= 4 is 15.9 Å². The lowest BCUT2D eigenvalue weighted by Gasteiger charge is -2.20. The second-order valence-electron chi connectivity index (χ2n) is 5.55. The lowest BCUT2D eigenvalue weighted by atomic mass is 10.1. The summed E-state index contributed by atoms with van der Waals surface area (Å²) in [7, 11) is 0. The number of hydrogen-bond acceptors (Lipinski definition) is 3. The standard InChI is InChI=1S/C14H19BrN4/c1-14(2,3)17-9-13-6-7-18-19(13)10-12-5-4-11(15)8-16-12/h4-8,17H,9-10H2,1-3H3. The molecule has 0 atom stereocenters. The average Bonchev–Trinajstić information content (AvgIpc) is 2.76. The summed E-state index contributed by atoms with van der Waals surface area (Å²) < 4.78 is 2.97. The molecule has 102 valence electrons. The fraction of sp³-hybridized carbons (Fsp3) is 0.429. The Morgan fingerprint density at radius 3 is 2.68 bits per heavy atom. The third-order valence-electron chi connectivity index (χ3n) is 2.70. The molecule has 0 aromatic carbocycles. The Bertz CT molecular complexity index is 525. The maximum Gasteiger partial charge on any atom is 0.0835 e. The summed E-state index contributed by atoms with van der Waals surface area (Å²) in [5, 5.41) is 7.83. The van der Waals surface area contributed by atoms with Crippen molar-refractivity contribution in [2.45, 2.75) is 39.4 Å². The van der Waals surface area contributed by atoms with Crippen molar-refractivity contribution in [2.75, 3.05) is 0 Å². The van der Waals surface area contributed by atoms with E-state index in [9.17, 15) is 0 Å². The Morgan fingerprint density at radius 1 is 1.26 bits per heavy atom. The molecule has 0 bridgehead atoms. The maximum absolute atomic E-state index is 4.38. The largest absolute Gasteiger partial charge is 0.306 e. The second kappa shape index (κ2) is 5.84. The minimum atomic E-state index is 0.102. The first-order valence-electron chi connectivity index (χ1n) is 6.30. The molecular weight excluding hydrogens is 304 g/mol. The molecule has 2 heterocycles. The average molecular weight is 323 g/mol. The van der Waals surface area contributed by atoms with Crippen LogP contribution < -0.4 is 5.32 Å². The van der Waals surface area contributed by atoms with Gasteiger partial charge < -0.3 is 5.32 Å². The van der Waals surface area contributed by atoms with Gasteiger partial charge in [-0.3, -0.25) is 9.67 Å². The molecule has 0 saturated heterocycles. The number of pyridine rings is 1. The van der Waals surface area contributed by atoms with Gasteiger partial charge in [0.05, 0.1) is 17.9 Å². The molecule has 2 rings (SSSR count). The highest BCUT2D eigenvalue weighted by molar-refractivity contribution is 9.10. The van der Waals surface area contributed by atoms with E-state index in [1.54, 1.807) is 0 Å². The summed E-state index contributed by atoms with van der Waals surface area (Å²) >= 11 is 3.39. The second-order valence-corrected chi connectivity index (χ2v) is 6.47. The molecule has 0 unspecified atom stereocenters. The van der Waals surface area contributed by atoms with Crippen molar-refractivity contribution in [1.29, 1.82) is 0 Å². The van der Waals surface area contributed by atoms with Crippen molar-refractivity contribution in [1.82, 2.24) is 20.1 Å². The van der Waals surface area contributed by atoms with Gasteiger partial charge in [-0.25, -0.2) is 0 Å². The Balaban J connectivity index is 2.05. The zero-order valence-corrected chi connectivity index (χ0v) is 13.1. The van der Waals surface area contributed by atoms with Crippen LogP contribution in [0.4, 0.5) is 0 Å². The molecule has 0 saturated carbocycles. The van der Waals surface area contributed by atoms with E-state index in [2.05, 4.69) is 52.1 Å². The number of rotatable bonds is 4. The van der Waals surface area contributed by atoms with Gasteiger partial charge in [0, 0.05) is 29.0 Å². The van der Waals surface area contributed by atoms with Gasteiger partial charge in [0.15, 0.2) is 0 Å². The fourth-order valence-corrected chi connectivity index (χ4v) is 1.90. The van der Waals surface area contributed by atoms with Gasteiger partial charge in [0.1, 0.15) is 0 Å². The smallest absolute Gasteiger partial charge is 0.0835 e. The maximum atomic E-state index is 4.38. The molecule has 0 fully saturated rings. The SMILES string of the molecule is CC(C)(C)NCc1ccnn1Cc1ccc(Br)cn1. The van der Waals surface area contributed by atoms with E-state index < -0.39 is 0 Å². The van der Waals surface area contributed by atoms with Gasteiger partial charge in [0.25, 0.3) is 0 Å². The number of hydrogen-bond donors (Lipinski definition) is 1. The predicted octanol–water partition coefficient (Wildman–Crippen LogP) is 2.98. The fourth-order valence-electron chi connectivity index (χ4n) is 1.66. The van der Waals surface area contributed by atoms with Crippen LogP contribution in [0.15, 0.2) is 35.1 Å². The minimum absolute atomic E-state index is 0.102. The lowest BCUT2D eigenvalue weighted by molar-refractivity contribution is 0.413. The summed E-state index contributed by atoms with van der Waals surface area (Å²) in [5.74, 6) is 0. The van der Waals surface area contributed by atoms with E-state index in [1.807, 2.05) is 35.3 Å². The summed E-state index contributed by atoms with van der Waals surface area (Å²) in [6.07, 6.45) is 3.64. The van der Waals surface area contributed by atoms with Gasteiger partial charge in [-0.1, -0.05) is 0 Å². The highest BCUT2D eigenvalue weighted by Crippen LogP contribution is 2.10. The number of nitrogens with one attached hydrogen (secondary N) is 1. The van der Waals surface area contributed by atoms with E-state index in [0.29, 0.717) is 6.54 Å². The van der Waals surface area contributed by atoms with Crippen LogP contribution in [0.2, 0.25) is 0 Å². The molecule has 19 heavy (non-hydrogen) atoms. The zero-order valence-electron chi connectivity index (χ0n) is 11.5. The van der Waals surface area contributed by atoms with E-state index >= 15 is 0 Å². The van der Waals surface area contributed by atoms with Crippen molar-refractivity contribution < 1.29 is 0 Å². The van der Waals surface area contributed by atoms with Gasteiger partial charge >= 0.3 is 0 Å². The quantitative estimate of drug-likeness (QED) is 0.941. The van der Waals surface area contributed by atoms with Crippen molar-refractivity contribution in [2.24, 2.45) is 0 Å². The Labute approximate surface area is 122 Å². The summed E-state index contributed by atoms with van der Waals surface area (Å²) in [6.45, 7) is 7.97. The van der Waals surface area contributed by atoms with Gasteiger partial charge in [-0.2, -0.15) is 5.10 Å². The topological polar surface area (TPSA) is 42.7 Å². The molecule has 0 aliphatic heterocycles. The van der Waals surface area contributed by atoms with Gasteiger partial charge in [0.2, 0.25) is 0 Å². The number of halogens is 1. The lowest BCUT2D eigenvalue weighted by Crippen LogP contribution is -2.35. The summed E-state index contributed by atoms with van der Waals surface area (Å²) in [5.41, 5.74) is 2.27. The number of aromatic nitrogens is 3. The van der Waals surface area contributed by atoms with E-state index in [1.165, 1.54) is 5.69 Å². The zero-order chi connectivity index (χ0) is 13.9. The van der Waals surface area contributed by atoms with Crippen LogP contribution in [0.5, 0.6) is 0 Å². The van der Waals surface area contributed by atoms with Crippen LogP contribution in [0.3, 0.4) is 0 Å². The number of nitrogens with zero attached hydrogens (tertiary/aromatic N) is 3. The van der Waals surface area contributed by atoms with Gasteiger partial charge in [-0.15, -0.1) is 0 Å². The molecule has 5 heteroatoms. The Hall–Kier alpha value is -1.20. The van der Waals surface area contributed by atoms with Crippen molar-refractivity contribution in [3.05, 3.63) is 46.5 Å². The van der Waals surface area contributed by atoms with Crippen LogP contribution in [0, 0.1) is 0 Å². The highest BCUT2D eigenvalue weighted by Gasteiger charge is 2.11. The van der Waals surface area contributed by atoms with Crippen LogP contribution in [-0.2, 0) is 13.1 Å². The molecule has 2 aromatic heterocycles. The van der Waals surface area contributed by atoms with E-state index in [-0.39, 0.29) is 5.54 Å². The van der Waals surface area contributed by atoms with Gasteiger partial charge in [-0.05, 0) is 54.9 Å². The molecule has 0 spiro atoms. The molecule has 0 radical (unpaired) electrons. The summed E-state index contributed by atoms with van der Waals surface area (Å²) in [6, 6.07) is 6.04. The van der Waals surface area contributed by atoms with Crippen molar-refractivity contribution in [3.63, 3.8) is 0 Å². The molecular formula is C14H19BrN4.